The van der Waals surface area contributed by atoms with Crippen LogP contribution >= 0.6 is 0 Å². The molecule has 108 valence electrons. The number of nitrogens with one attached hydrogen (secondary N) is 1. The summed E-state index contributed by atoms with van der Waals surface area (Å²) in [7, 11) is 0. The number of hydrogen-bond acceptors (Lipinski definition) is 3. The molecule has 0 spiro atoms. The lowest BCUT2D eigenvalue weighted by Gasteiger charge is -2.13. The smallest absolute Gasteiger partial charge is 0.139 e. The molecular formula is C18H20N2O. The van der Waals surface area contributed by atoms with Crippen molar-refractivity contribution in [1.82, 2.24) is 0 Å². The zero-order valence-electron chi connectivity index (χ0n) is 12.2. The van der Waals surface area contributed by atoms with Gasteiger partial charge in [-0.25, -0.2) is 0 Å². The average molecular weight is 280 g/mol. The van der Waals surface area contributed by atoms with Gasteiger partial charge >= 0.3 is 0 Å². The number of aliphatic imine (C=N–C) groups is 1. The molecule has 0 saturated heterocycles. The maximum Gasteiger partial charge on any atom is 0.139 e. The Labute approximate surface area is 125 Å². The number of aryl methyl sites for hydroxylation is 1. The van der Waals surface area contributed by atoms with Gasteiger partial charge in [0.1, 0.15) is 5.75 Å². The van der Waals surface area contributed by atoms with Gasteiger partial charge in [0.15, 0.2) is 0 Å². The lowest BCUT2D eigenvalue weighted by atomic mass is 9.96. The lowest BCUT2D eigenvalue weighted by molar-refractivity contribution is 0.477. The number of rotatable bonds is 3. The quantitative estimate of drug-likeness (QED) is 0.832. The summed E-state index contributed by atoms with van der Waals surface area (Å²) in [5.74, 6) is 0.277. The van der Waals surface area contributed by atoms with Gasteiger partial charge in [0, 0.05) is 6.42 Å². The van der Waals surface area contributed by atoms with Crippen molar-refractivity contribution in [3.63, 3.8) is 0 Å². The van der Waals surface area contributed by atoms with E-state index >= 15 is 0 Å². The van der Waals surface area contributed by atoms with Crippen molar-refractivity contribution in [3.05, 3.63) is 59.2 Å². The second kappa shape index (κ2) is 6.00. The normalized spacial score (nSPS) is 16.9. The first-order valence-electron chi connectivity index (χ1n) is 7.46. The van der Waals surface area contributed by atoms with Crippen molar-refractivity contribution in [2.24, 2.45) is 4.99 Å². The van der Waals surface area contributed by atoms with E-state index in [1.807, 2.05) is 12.1 Å². The van der Waals surface area contributed by atoms with Crippen LogP contribution in [0.5, 0.6) is 5.75 Å². The fraction of sp³-hybridized carbons (Fsp3) is 0.278. The highest BCUT2D eigenvalue weighted by atomic mass is 16.3. The molecule has 0 aliphatic carbocycles. The van der Waals surface area contributed by atoms with Gasteiger partial charge in [-0.05, 0) is 29.2 Å². The highest BCUT2D eigenvalue weighted by Crippen LogP contribution is 2.33. The van der Waals surface area contributed by atoms with Gasteiger partial charge in [0.25, 0.3) is 0 Å². The molecule has 1 aliphatic rings. The van der Waals surface area contributed by atoms with E-state index in [4.69, 9.17) is 0 Å². The van der Waals surface area contributed by atoms with Crippen molar-refractivity contribution in [2.45, 2.75) is 32.2 Å². The van der Waals surface area contributed by atoms with Crippen molar-refractivity contribution in [1.29, 1.82) is 0 Å². The molecule has 1 aliphatic heterocycles. The molecule has 0 fully saturated rings. The molecule has 3 heteroatoms. The number of benzene rings is 2. The van der Waals surface area contributed by atoms with E-state index in [0.29, 0.717) is 0 Å². The highest BCUT2D eigenvalue weighted by molar-refractivity contribution is 5.82. The third-order valence-electron chi connectivity index (χ3n) is 3.88. The number of fused-ring (bicyclic) bond motifs is 1. The van der Waals surface area contributed by atoms with Crippen LogP contribution in [0.2, 0.25) is 0 Å². The molecule has 1 unspecified atom stereocenters. The zero-order chi connectivity index (χ0) is 14.7. The molecule has 1 heterocycles. The molecule has 3 rings (SSSR count). The summed E-state index contributed by atoms with van der Waals surface area (Å²) in [6, 6.07) is 14.4. The molecule has 21 heavy (non-hydrogen) atoms. The minimum Gasteiger partial charge on any atom is -0.506 e. The number of aromatic hydroxyl groups is 1. The van der Waals surface area contributed by atoms with Crippen molar-refractivity contribution >= 4 is 12.0 Å². The summed E-state index contributed by atoms with van der Waals surface area (Å²) in [6.45, 7) is 2.19. The summed E-state index contributed by atoms with van der Waals surface area (Å²) < 4.78 is 0. The Morgan fingerprint density at radius 1 is 1.24 bits per heavy atom. The van der Waals surface area contributed by atoms with Crippen LogP contribution in [0.25, 0.3) is 0 Å². The van der Waals surface area contributed by atoms with Crippen LogP contribution in [0.15, 0.2) is 47.5 Å². The maximum absolute atomic E-state index is 9.93. The van der Waals surface area contributed by atoms with Crippen LogP contribution in [0.1, 0.15) is 36.1 Å². The number of anilines is 1. The van der Waals surface area contributed by atoms with Crippen molar-refractivity contribution < 1.29 is 5.11 Å². The molecule has 2 aromatic rings. The molecule has 0 amide bonds. The fourth-order valence-electron chi connectivity index (χ4n) is 2.82. The lowest BCUT2D eigenvalue weighted by Crippen LogP contribution is -2.00. The first-order chi connectivity index (χ1) is 10.3. The van der Waals surface area contributed by atoms with Crippen LogP contribution < -0.4 is 5.32 Å². The monoisotopic (exact) mass is 280 g/mol. The molecule has 2 aromatic carbocycles. The van der Waals surface area contributed by atoms with Gasteiger partial charge in [-0.2, -0.15) is 0 Å². The predicted molar refractivity (Wildman–Crippen MR) is 87.1 cm³/mol. The van der Waals surface area contributed by atoms with Gasteiger partial charge in [-0.1, -0.05) is 49.7 Å². The molecule has 3 nitrogen and oxygen atoms in total. The minimum absolute atomic E-state index is 0.0948. The van der Waals surface area contributed by atoms with Crippen LogP contribution in [0.4, 0.5) is 5.69 Å². The van der Waals surface area contributed by atoms with Crippen molar-refractivity contribution in [3.8, 4) is 5.75 Å². The molecule has 2 N–H and O–H groups in total. The Morgan fingerprint density at radius 3 is 2.95 bits per heavy atom. The van der Waals surface area contributed by atoms with Gasteiger partial charge in [-0.15, -0.1) is 0 Å². The number of para-hydroxylation sites is 1. The molecule has 0 saturated carbocycles. The van der Waals surface area contributed by atoms with E-state index in [2.05, 4.69) is 41.5 Å². The number of nitrogens with zero attached hydrogens (tertiary/aromatic N) is 1. The van der Waals surface area contributed by atoms with E-state index in [-0.39, 0.29) is 11.8 Å². The summed E-state index contributed by atoms with van der Waals surface area (Å²) >= 11 is 0. The Morgan fingerprint density at radius 2 is 2.10 bits per heavy atom. The number of phenols is 1. The summed E-state index contributed by atoms with van der Waals surface area (Å²) in [5, 5.41) is 13.0. The molecular weight excluding hydrogens is 260 g/mol. The van der Waals surface area contributed by atoms with E-state index in [9.17, 15) is 5.11 Å². The maximum atomic E-state index is 9.93. The van der Waals surface area contributed by atoms with Crippen LogP contribution in [-0.4, -0.2) is 11.4 Å². The van der Waals surface area contributed by atoms with Crippen LogP contribution in [0, 0.1) is 0 Å². The van der Waals surface area contributed by atoms with Gasteiger partial charge in [0.05, 0.1) is 18.1 Å². The van der Waals surface area contributed by atoms with E-state index in [1.54, 1.807) is 12.4 Å². The third-order valence-corrected chi connectivity index (χ3v) is 3.88. The topological polar surface area (TPSA) is 44.6 Å². The predicted octanol–water partition coefficient (Wildman–Crippen LogP) is 4.08. The summed E-state index contributed by atoms with van der Waals surface area (Å²) in [5.41, 5.74) is 4.46. The van der Waals surface area contributed by atoms with Crippen LogP contribution in [0.3, 0.4) is 0 Å². The van der Waals surface area contributed by atoms with Crippen molar-refractivity contribution in [2.75, 3.05) is 5.32 Å². The highest BCUT2D eigenvalue weighted by Gasteiger charge is 2.17. The molecule has 0 aromatic heterocycles. The van der Waals surface area contributed by atoms with Gasteiger partial charge in [-0.3, -0.25) is 4.99 Å². The molecule has 0 bridgehead atoms. The van der Waals surface area contributed by atoms with E-state index in [0.717, 1.165) is 30.5 Å². The largest absolute Gasteiger partial charge is 0.506 e. The molecule has 1 atom stereocenters. The Hall–Kier alpha value is -2.29. The SMILES string of the molecule is CCCc1cccc(C2Cc3cccc(O)c3NC=N2)c1. The van der Waals surface area contributed by atoms with Gasteiger partial charge in [0.2, 0.25) is 0 Å². The zero-order valence-corrected chi connectivity index (χ0v) is 12.2. The van der Waals surface area contributed by atoms with E-state index < -0.39 is 0 Å². The first-order valence-corrected chi connectivity index (χ1v) is 7.46. The average Bonchev–Trinajstić information content (AvgIpc) is 2.71. The summed E-state index contributed by atoms with van der Waals surface area (Å²) in [4.78, 5) is 4.60. The second-order valence-corrected chi connectivity index (χ2v) is 5.45. The Kier molecular flexibility index (Phi) is 3.91. The van der Waals surface area contributed by atoms with Crippen LogP contribution in [-0.2, 0) is 12.8 Å². The fourth-order valence-corrected chi connectivity index (χ4v) is 2.82. The van der Waals surface area contributed by atoms with Gasteiger partial charge < -0.3 is 10.4 Å². The summed E-state index contributed by atoms with van der Waals surface area (Å²) in [6.07, 6.45) is 4.74. The third kappa shape index (κ3) is 2.92. The second-order valence-electron chi connectivity index (χ2n) is 5.45. The minimum atomic E-state index is 0.0948. The standard InChI is InChI=1S/C18H20N2O/c1-2-5-13-6-3-7-14(10-13)16-11-15-8-4-9-17(21)18(15)20-12-19-16/h3-4,6-10,12,16,21H,2,5,11H2,1H3,(H,19,20). The first kappa shape index (κ1) is 13.7. The Balaban J connectivity index is 1.91. The van der Waals surface area contributed by atoms with E-state index in [1.165, 1.54) is 11.1 Å². The Bertz CT molecular complexity index is 664. The molecule has 0 radical (unpaired) electrons. The number of hydrogen-bond donors (Lipinski definition) is 2. The number of phenolic OH excluding ortho intramolecular Hbond substituents is 1.